The van der Waals surface area contributed by atoms with E-state index in [1.54, 1.807) is 10.7 Å². The van der Waals surface area contributed by atoms with Gasteiger partial charge in [-0.2, -0.15) is 0 Å². The molecule has 3 aromatic rings. The molecule has 2 aromatic heterocycles. The number of nitrogens with two attached hydrogens (primary N) is 1. The highest BCUT2D eigenvalue weighted by atomic mass is 16.5. The van der Waals surface area contributed by atoms with Crippen molar-refractivity contribution >= 4 is 23.1 Å². The van der Waals surface area contributed by atoms with E-state index in [0.29, 0.717) is 23.3 Å². The number of carbonyl (C=O) groups is 1. The van der Waals surface area contributed by atoms with E-state index in [1.807, 2.05) is 30.3 Å². The summed E-state index contributed by atoms with van der Waals surface area (Å²) in [6.07, 6.45) is 6.06. The minimum atomic E-state index is -0.0239. The average molecular weight is 406 g/mol. The van der Waals surface area contributed by atoms with Crippen LogP contribution in [-0.4, -0.2) is 46.3 Å². The first-order chi connectivity index (χ1) is 14.7. The number of hydrogen-bond acceptors (Lipinski definition) is 6. The fourth-order valence-corrected chi connectivity index (χ4v) is 3.81. The van der Waals surface area contributed by atoms with Gasteiger partial charge in [0.05, 0.1) is 17.6 Å². The van der Waals surface area contributed by atoms with Crippen molar-refractivity contribution in [2.24, 2.45) is 5.92 Å². The van der Waals surface area contributed by atoms with Crippen molar-refractivity contribution in [3.8, 4) is 11.3 Å². The molecule has 0 atom stereocenters. The van der Waals surface area contributed by atoms with Gasteiger partial charge in [0.2, 0.25) is 0 Å². The molecule has 156 valence electrons. The molecular formula is C22H26N6O2. The quantitative estimate of drug-likeness (QED) is 0.581. The van der Waals surface area contributed by atoms with Gasteiger partial charge in [0.15, 0.2) is 5.65 Å². The summed E-state index contributed by atoms with van der Waals surface area (Å²) in [5, 5.41) is 11.0. The monoisotopic (exact) mass is 406 g/mol. The van der Waals surface area contributed by atoms with Gasteiger partial charge in [0, 0.05) is 43.0 Å². The molecule has 1 aliphatic carbocycles. The smallest absolute Gasteiger partial charge is 0.251 e. The van der Waals surface area contributed by atoms with Crippen LogP contribution in [0.15, 0.2) is 36.5 Å². The Labute approximate surface area is 174 Å². The van der Waals surface area contributed by atoms with E-state index in [-0.39, 0.29) is 5.91 Å². The zero-order chi connectivity index (χ0) is 20.5. The van der Waals surface area contributed by atoms with Crippen LogP contribution < -0.4 is 16.4 Å². The molecule has 1 aliphatic heterocycles. The molecule has 1 amide bonds. The van der Waals surface area contributed by atoms with Crippen LogP contribution in [0.25, 0.3) is 16.9 Å². The lowest BCUT2D eigenvalue weighted by molar-refractivity contribution is 0.0699. The third-order valence-corrected chi connectivity index (χ3v) is 5.76. The van der Waals surface area contributed by atoms with Gasteiger partial charge in [-0.3, -0.25) is 4.79 Å². The molecule has 3 heterocycles. The largest absolute Gasteiger partial charge is 0.382 e. The Bertz CT molecular complexity index is 1050. The van der Waals surface area contributed by atoms with Crippen molar-refractivity contribution in [3.63, 3.8) is 0 Å². The fourth-order valence-electron chi connectivity index (χ4n) is 3.81. The van der Waals surface area contributed by atoms with Crippen molar-refractivity contribution in [3.05, 3.63) is 42.1 Å². The maximum Gasteiger partial charge on any atom is 0.251 e. The SMILES string of the molecule is Nc1cc(NCC2CCOCC2)c2ncc(-c3ccc(C(=O)NC4CC4)cc3)n2n1. The molecule has 30 heavy (non-hydrogen) atoms. The third-order valence-electron chi connectivity index (χ3n) is 5.76. The molecule has 4 N–H and O–H groups in total. The number of ether oxygens (including phenoxy) is 1. The zero-order valence-electron chi connectivity index (χ0n) is 16.8. The Kier molecular flexibility index (Phi) is 5.00. The summed E-state index contributed by atoms with van der Waals surface area (Å²) in [6, 6.07) is 9.69. The summed E-state index contributed by atoms with van der Waals surface area (Å²) in [7, 11) is 0. The Morgan fingerprint density at radius 1 is 1.17 bits per heavy atom. The van der Waals surface area contributed by atoms with Gasteiger partial charge in [0.25, 0.3) is 5.91 Å². The van der Waals surface area contributed by atoms with Gasteiger partial charge in [-0.25, -0.2) is 9.50 Å². The Morgan fingerprint density at radius 3 is 2.67 bits per heavy atom. The molecule has 0 radical (unpaired) electrons. The predicted molar refractivity (Wildman–Crippen MR) is 115 cm³/mol. The van der Waals surface area contributed by atoms with Gasteiger partial charge in [0.1, 0.15) is 5.82 Å². The van der Waals surface area contributed by atoms with Gasteiger partial charge >= 0.3 is 0 Å². The van der Waals surface area contributed by atoms with Crippen LogP contribution in [0.1, 0.15) is 36.0 Å². The summed E-state index contributed by atoms with van der Waals surface area (Å²) in [6.45, 7) is 2.50. The van der Waals surface area contributed by atoms with E-state index >= 15 is 0 Å². The van der Waals surface area contributed by atoms with Crippen LogP contribution in [-0.2, 0) is 4.74 Å². The van der Waals surface area contributed by atoms with E-state index in [4.69, 9.17) is 10.5 Å². The number of imidazole rings is 1. The number of carbonyl (C=O) groups excluding carboxylic acids is 1. The lowest BCUT2D eigenvalue weighted by atomic mass is 10.0. The second kappa shape index (κ2) is 7.95. The van der Waals surface area contributed by atoms with Crippen LogP contribution in [0.5, 0.6) is 0 Å². The first kappa shape index (κ1) is 18.9. The van der Waals surface area contributed by atoms with Crippen LogP contribution in [0.3, 0.4) is 0 Å². The first-order valence-corrected chi connectivity index (χ1v) is 10.5. The van der Waals surface area contributed by atoms with Crippen molar-refractivity contribution in [2.45, 2.75) is 31.7 Å². The summed E-state index contributed by atoms with van der Waals surface area (Å²) in [5.41, 5.74) is 10.1. The van der Waals surface area contributed by atoms with Crippen LogP contribution in [0, 0.1) is 5.92 Å². The highest BCUT2D eigenvalue weighted by molar-refractivity contribution is 5.95. The lowest BCUT2D eigenvalue weighted by Gasteiger charge is -2.22. The molecule has 5 rings (SSSR count). The number of rotatable bonds is 6. The van der Waals surface area contributed by atoms with Gasteiger partial charge in [-0.1, -0.05) is 12.1 Å². The number of hydrogen-bond donors (Lipinski definition) is 3. The van der Waals surface area contributed by atoms with Gasteiger partial charge < -0.3 is 21.1 Å². The minimum Gasteiger partial charge on any atom is -0.382 e. The van der Waals surface area contributed by atoms with E-state index in [1.165, 1.54) is 0 Å². The molecule has 1 saturated heterocycles. The highest BCUT2D eigenvalue weighted by Crippen LogP contribution is 2.27. The third kappa shape index (κ3) is 3.95. The summed E-state index contributed by atoms with van der Waals surface area (Å²) in [5.74, 6) is 0.984. The molecule has 0 spiro atoms. The summed E-state index contributed by atoms with van der Waals surface area (Å²) in [4.78, 5) is 16.8. The van der Waals surface area contributed by atoms with Crippen LogP contribution in [0.4, 0.5) is 11.5 Å². The fraction of sp³-hybridized carbons (Fsp3) is 0.409. The maximum absolute atomic E-state index is 12.2. The highest BCUT2D eigenvalue weighted by Gasteiger charge is 2.24. The number of amides is 1. The second-order valence-corrected chi connectivity index (χ2v) is 8.12. The molecule has 0 bridgehead atoms. The molecule has 2 aliphatic rings. The average Bonchev–Trinajstić information content (AvgIpc) is 3.48. The number of anilines is 2. The zero-order valence-corrected chi connectivity index (χ0v) is 16.8. The number of nitrogen functional groups attached to an aromatic ring is 1. The van der Waals surface area contributed by atoms with Crippen molar-refractivity contribution in [2.75, 3.05) is 30.8 Å². The standard InChI is InChI=1S/C22H26N6O2/c23-20-11-18(24-12-14-7-9-30-10-8-14)21-25-13-19(28(21)27-20)15-1-3-16(4-2-15)22(29)26-17-5-6-17/h1-4,11,13-14,17,24H,5-10,12H2,(H2,23,27)(H,26,29). The van der Waals surface area contributed by atoms with Crippen molar-refractivity contribution in [1.82, 2.24) is 19.9 Å². The Hall–Kier alpha value is -3.13. The van der Waals surface area contributed by atoms with E-state index in [0.717, 1.165) is 68.0 Å². The molecule has 1 saturated carbocycles. The number of fused-ring (bicyclic) bond motifs is 1. The molecule has 0 unspecified atom stereocenters. The van der Waals surface area contributed by atoms with Gasteiger partial charge in [-0.15, -0.1) is 5.10 Å². The summed E-state index contributed by atoms with van der Waals surface area (Å²) < 4.78 is 7.20. The minimum absolute atomic E-state index is 0.0239. The van der Waals surface area contributed by atoms with Gasteiger partial charge in [-0.05, 0) is 43.7 Å². The lowest BCUT2D eigenvalue weighted by Crippen LogP contribution is -2.25. The van der Waals surface area contributed by atoms with Crippen LogP contribution >= 0.6 is 0 Å². The topological polar surface area (TPSA) is 107 Å². The van der Waals surface area contributed by atoms with E-state index < -0.39 is 0 Å². The second-order valence-electron chi connectivity index (χ2n) is 8.12. The molecular weight excluding hydrogens is 380 g/mol. The predicted octanol–water partition coefficient (Wildman–Crippen LogP) is 2.71. The summed E-state index contributed by atoms with van der Waals surface area (Å²) >= 11 is 0. The number of nitrogens with zero attached hydrogens (tertiary/aromatic N) is 3. The maximum atomic E-state index is 12.2. The Morgan fingerprint density at radius 2 is 1.93 bits per heavy atom. The first-order valence-electron chi connectivity index (χ1n) is 10.5. The van der Waals surface area contributed by atoms with E-state index in [9.17, 15) is 4.79 Å². The van der Waals surface area contributed by atoms with Crippen molar-refractivity contribution < 1.29 is 9.53 Å². The van der Waals surface area contributed by atoms with Crippen LogP contribution in [0.2, 0.25) is 0 Å². The van der Waals surface area contributed by atoms with E-state index in [2.05, 4.69) is 20.7 Å². The number of nitrogens with one attached hydrogen (secondary N) is 2. The van der Waals surface area contributed by atoms with Crippen molar-refractivity contribution in [1.29, 1.82) is 0 Å². The molecule has 8 nitrogen and oxygen atoms in total. The number of aromatic nitrogens is 3. The molecule has 1 aromatic carbocycles. The Balaban J connectivity index is 1.38. The number of benzene rings is 1. The molecule has 8 heteroatoms. The normalized spacial score (nSPS) is 17.2. The molecule has 2 fully saturated rings.